The van der Waals surface area contributed by atoms with Crippen LogP contribution in [0.4, 0.5) is 0 Å². The Kier molecular flexibility index (Phi) is 2.88. The minimum Gasteiger partial charge on any atom is -0.479 e. The van der Waals surface area contributed by atoms with Crippen LogP contribution in [0, 0.1) is 5.92 Å². The molecule has 1 aromatic rings. The Labute approximate surface area is 122 Å². The van der Waals surface area contributed by atoms with E-state index in [0.29, 0.717) is 24.9 Å². The summed E-state index contributed by atoms with van der Waals surface area (Å²) in [4.78, 5) is 25.4. The van der Waals surface area contributed by atoms with Gasteiger partial charge >= 0.3 is 5.97 Å². The van der Waals surface area contributed by atoms with Crippen LogP contribution in [0.3, 0.4) is 0 Å². The summed E-state index contributed by atoms with van der Waals surface area (Å²) in [7, 11) is -3.31. The lowest BCUT2D eigenvalue weighted by Gasteiger charge is -2.37. The molecule has 0 spiro atoms. The maximum absolute atomic E-state index is 12.5. The molecule has 3 fully saturated rings. The minimum absolute atomic E-state index is 0.137. The Morgan fingerprint density at radius 1 is 1.24 bits per heavy atom. The number of benzene rings is 1. The van der Waals surface area contributed by atoms with Crippen LogP contribution in [0.15, 0.2) is 29.2 Å². The first-order valence-electron chi connectivity index (χ1n) is 6.59. The molecule has 0 radical (unpaired) electrons. The molecule has 2 aliphatic heterocycles. The van der Waals surface area contributed by atoms with E-state index in [-0.39, 0.29) is 16.7 Å². The number of fused-ring (bicyclic) bond motifs is 1. The van der Waals surface area contributed by atoms with Crippen molar-refractivity contribution in [1.82, 2.24) is 4.90 Å². The summed E-state index contributed by atoms with van der Waals surface area (Å²) in [5.74, 6) is -1.05. The van der Waals surface area contributed by atoms with Gasteiger partial charge in [0.25, 0.3) is 5.91 Å². The Hall–Kier alpha value is -1.89. The molecule has 0 aromatic heterocycles. The van der Waals surface area contributed by atoms with Crippen LogP contribution in [0.2, 0.25) is 0 Å². The number of carbonyl (C=O) groups excluding carboxylic acids is 1. The van der Waals surface area contributed by atoms with Gasteiger partial charge in [-0.15, -0.1) is 0 Å². The van der Waals surface area contributed by atoms with E-state index in [1.54, 1.807) is 0 Å². The molecule has 1 saturated carbocycles. The lowest BCUT2D eigenvalue weighted by atomic mass is 9.73. The number of carboxylic acid groups (broad SMARTS) is 1. The van der Waals surface area contributed by atoms with Crippen molar-refractivity contribution in [1.29, 1.82) is 0 Å². The second kappa shape index (κ2) is 4.30. The van der Waals surface area contributed by atoms with Gasteiger partial charge in [0, 0.05) is 18.4 Å². The summed E-state index contributed by atoms with van der Waals surface area (Å²) in [5, 5.41) is 9.35. The van der Waals surface area contributed by atoms with Gasteiger partial charge in [-0.1, -0.05) is 0 Å². The second-order valence-corrected chi connectivity index (χ2v) is 7.84. The number of aliphatic carboxylic acids is 1. The van der Waals surface area contributed by atoms with Crippen molar-refractivity contribution in [3.63, 3.8) is 0 Å². The number of hydrogen-bond acceptors (Lipinski definition) is 4. The first-order valence-corrected chi connectivity index (χ1v) is 8.49. The van der Waals surface area contributed by atoms with Crippen LogP contribution in [0.25, 0.3) is 0 Å². The number of sulfone groups is 1. The Morgan fingerprint density at radius 2 is 1.81 bits per heavy atom. The topological polar surface area (TPSA) is 91.8 Å². The van der Waals surface area contributed by atoms with Crippen molar-refractivity contribution < 1.29 is 23.1 Å². The van der Waals surface area contributed by atoms with Crippen molar-refractivity contribution in [2.75, 3.05) is 12.8 Å². The summed E-state index contributed by atoms with van der Waals surface area (Å²) in [6.45, 7) is 0.457. The Bertz CT molecular complexity index is 716. The highest BCUT2D eigenvalue weighted by molar-refractivity contribution is 7.90. The standard InChI is InChI=1S/C14H15NO5S/c1-21(19,20)11-4-2-10(3-5-11)12(16)15-8-9-6-14(15,7-9)13(17)18/h2-5,9H,6-8H2,1H3,(H,17,18). The highest BCUT2D eigenvalue weighted by atomic mass is 32.2. The number of nitrogens with zero attached hydrogens (tertiary/aromatic N) is 1. The third-order valence-electron chi connectivity index (χ3n) is 4.38. The van der Waals surface area contributed by atoms with E-state index < -0.39 is 21.3 Å². The van der Waals surface area contributed by atoms with E-state index in [0.717, 1.165) is 6.26 Å². The highest BCUT2D eigenvalue weighted by Gasteiger charge is 2.62. The number of rotatable bonds is 3. The SMILES string of the molecule is CS(=O)(=O)c1ccc(C(=O)N2CC3CC2(C(=O)O)C3)cc1. The molecule has 0 unspecified atom stereocenters. The van der Waals surface area contributed by atoms with Gasteiger partial charge in [0.15, 0.2) is 9.84 Å². The average Bonchev–Trinajstić information content (AvgIpc) is 2.92. The molecule has 112 valence electrons. The average molecular weight is 309 g/mol. The van der Waals surface area contributed by atoms with E-state index in [4.69, 9.17) is 0 Å². The van der Waals surface area contributed by atoms with Gasteiger partial charge in [0.1, 0.15) is 5.54 Å². The molecule has 21 heavy (non-hydrogen) atoms. The fraction of sp³-hybridized carbons (Fsp3) is 0.429. The molecule has 1 aliphatic carbocycles. The molecule has 3 aliphatic rings. The predicted molar refractivity (Wildman–Crippen MR) is 73.7 cm³/mol. The summed E-state index contributed by atoms with van der Waals surface area (Å²) >= 11 is 0. The van der Waals surface area contributed by atoms with Gasteiger partial charge in [0.2, 0.25) is 0 Å². The van der Waals surface area contributed by atoms with Gasteiger partial charge in [-0.2, -0.15) is 0 Å². The summed E-state index contributed by atoms with van der Waals surface area (Å²) in [6.07, 6.45) is 2.11. The first-order chi connectivity index (χ1) is 9.74. The van der Waals surface area contributed by atoms with Crippen molar-refractivity contribution in [2.24, 2.45) is 5.92 Å². The predicted octanol–water partition coefficient (Wildman–Crippen LogP) is 0.779. The molecular formula is C14H15NO5S. The summed E-state index contributed by atoms with van der Waals surface area (Å²) < 4.78 is 22.8. The molecule has 6 nitrogen and oxygen atoms in total. The van der Waals surface area contributed by atoms with Gasteiger partial charge in [-0.3, -0.25) is 4.79 Å². The van der Waals surface area contributed by atoms with Crippen LogP contribution in [0.1, 0.15) is 23.2 Å². The number of amides is 1. The maximum atomic E-state index is 12.5. The number of carbonyl (C=O) groups is 2. The Morgan fingerprint density at radius 3 is 2.29 bits per heavy atom. The van der Waals surface area contributed by atoms with Crippen molar-refractivity contribution in [2.45, 2.75) is 23.3 Å². The van der Waals surface area contributed by atoms with Crippen molar-refractivity contribution >= 4 is 21.7 Å². The number of carboxylic acids is 1. The van der Waals surface area contributed by atoms with Crippen molar-refractivity contribution in [3.05, 3.63) is 29.8 Å². The molecule has 2 bridgehead atoms. The third-order valence-corrected chi connectivity index (χ3v) is 5.51. The molecule has 2 saturated heterocycles. The molecule has 2 heterocycles. The van der Waals surface area contributed by atoms with Gasteiger partial charge in [-0.05, 0) is 43.0 Å². The third kappa shape index (κ3) is 2.03. The quantitative estimate of drug-likeness (QED) is 0.891. The maximum Gasteiger partial charge on any atom is 0.329 e. The lowest BCUT2D eigenvalue weighted by Crippen LogP contribution is -2.54. The molecule has 1 aromatic carbocycles. The molecule has 1 amide bonds. The van der Waals surface area contributed by atoms with Crippen LogP contribution in [-0.4, -0.2) is 48.6 Å². The molecular weight excluding hydrogens is 294 g/mol. The van der Waals surface area contributed by atoms with E-state index in [2.05, 4.69) is 0 Å². The van der Waals surface area contributed by atoms with Crippen molar-refractivity contribution in [3.8, 4) is 0 Å². The zero-order valence-electron chi connectivity index (χ0n) is 11.4. The van der Waals surface area contributed by atoms with E-state index in [1.165, 1.54) is 29.2 Å². The van der Waals surface area contributed by atoms with E-state index in [9.17, 15) is 23.1 Å². The summed E-state index contributed by atoms with van der Waals surface area (Å²) in [6, 6.07) is 5.61. The van der Waals surface area contributed by atoms with Crippen LogP contribution >= 0.6 is 0 Å². The fourth-order valence-electron chi connectivity index (χ4n) is 3.25. The van der Waals surface area contributed by atoms with Crippen LogP contribution in [-0.2, 0) is 14.6 Å². The second-order valence-electron chi connectivity index (χ2n) is 5.82. The van der Waals surface area contributed by atoms with Gasteiger partial charge in [0.05, 0.1) is 4.90 Å². The zero-order valence-corrected chi connectivity index (χ0v) is 12.3. The molecule has 4 rings (SSSR count). The molecule has 0 atom stereocenters. The monoisotopic (exact) mass is 309 g/mol. The van der Waals surface area contributed by atoms with Gasteiger partial charge < -0.3 is 10.0 Å². The molecule has 7 heteroatoms. The highest BCUT2D eigenvalue weighted by Crippen LogP contribution is 2.51. The van der Waals surface area contributed by atoms with Crippen LogP contribution < -0.4 is 0 Å². The normalized spacial score (nSPS) is 27.3. The first kappa shape index (κ1) is 14.1. The Balaban J connectivity index is 1.88. The van der Waals surface area contributed by atoms with E-state index >= 15 is 0 Å². The molecule has 1 N–H and O–H groups in total. The lowest BCUT2D eigenvalue weighted by molar-refractivity contribution is -0.151. The smallest absolute Gasteiger partial charge is 0.329 e. The largest absolute Gasteiger partial charge is 0.479 e. The minimum atomic E-state index is -3.31. The number of hydrogen-bond donors (Lipinski definition) is 1. The summed E-state index contributed by atoms with van der Waals surface area (Å²) in [5.41, 5.74) is -0.743. The van der Waals surface area contributed by atoms with Gasteiger partial charge in [-0.25, -0.2) is 13.2 Å². The zero-order chi connectivity index (χ0) is 15.4. The van der Waals surface area contributed by atoms with E-state index in [1.807, 2.05) is 0 Å². The van der Waals surface area contributed by atoms with Crippen LogP contribution in [0.5, 0.6) is 0 Å². The fourth-order valence-corrected chi connectivity index (χ4v) is 3.88.